The predicted molar refractivity (Wildman–Crippen MR) is 84.1 cm³/mol. The van der Waals surface area contributed by atoms with Gasteiger partial charge in [-0.05, 0) is 31.2 Å². The molecule has 1 aromatic rings. The standard InChI is InChI=1S/C17H21BrO2/c1-11(2)9-13-15(17(13,3)4)16(19)20-10-12-7-5-6-8-14(12)18/h5-9,13,15H,10H2,1-4H3. The lowest BCUT2D eigenvalue weighted by atomic mass is 10.1. The van der Waals surface area contributed by atoms with Gasteiger partial charge in [-0.3, -0.25) is 4.79 Å². The summed E-state index contributed by atoms with van der Waals surface area (Å²) in [4.78, 5) is 12.2. The number of carbonyl (C=O) groups excluding carboxylic acids is 1. The molecule has 0 radical (unpaired) electrons. The van der Waals surface area contributed by atoms with E-state index in [1.807, 2.05) is 24.3 Å². The summed E-state index contributed by atoms with van der Waals surface area (Å²) in [6.07, 6.45) is 2.18. The van der Waals surface area contributed by atoms with E-state index in [4.69, 9.17) is 4.74 Å². The summed E-state index contributed by atoms with van der Waals surface area (Å²) < 4.78 is 6.46. The number of carbonyl (C=O) groups is 1. The molecule has 1 fully saturated rings. The fraction of sp³-hybridized carbons (Fsp3) is 0.471. The molecular weight excluding hydrogens is 316 g/mol. The topological polar surface area (TPSA) is 26.3 Å². The lowest BCUT2D eigenvalue weighted by Crippen LogP contribution is -2.10. The number of esters is 1. The lowest BCUT2D eigenvalue weighted by Gasteiger charge is -2.07. The van der Waals surface area contributed by atoms with Gasteiger partial charge >= 0.3 is 5.97 Å². The Morgan fingerprint density at radius 3 is 2.60 bits per heavy atom. The molecule has 2 nitrogen and oxygen atoms in total. The summed E-state index contributed by atoms with van der Waals surface area (Å²) in [7, 11) is 0. The minimum atomic E-state index is -0.0896. The molecule has 2 unspecified atom stereocenters. The molecule has 1 aliphatic carbocycles. The molecule has 0 aliphatic heterocycles. The molecule has 2 atom stereocenters. The Kier molecular flexibility index (Phi) is 4.38. The van der Waals surface area contributed by atoms with Crippen LogP contribution in [0, 0.1) is 17.3 Å². The normalized spacial score (nSPS) is 23.1. The maximum atomic E-state index is 12.2. The van der Waals surface area contributed by atoms with Crippen molar-refractivity contribution in [2.45, 2.75) is 34.3 Å². The molecule has 108 valence electrons. The third-order valence-electron chi connectivity index (χ3n) is 4.01. The molecule has 1 saturated carbocycles. The van der Waals surface area contributed by atoms with Crippen molar-refractivity contribution < 1.29 is 9.53 Å². The number of allylic oxidation sites excluding steroid dienone is 2. The minimum Gasteiger partial charge on any atom is -0.461 e. The zero-order chi connectivity index (χ0) is 14.9. The Morgan fingerprint density at radius 1 is 1.35 bits per heavy atom. The Balaban J connectivity index is 1.97. The molecule has 0 bridgehead atoms. The van der Waals surface area contributed by atoms with Gasteiger partial charge in [-0.25, -0.2) is 0 Å². The van der Waals surface area contributed by atoms with Gasteiger partial charge in [0.05, 0.1) is 5.92 Å². The molecule has 20 heavy (non-hydrogen) atoms. The van der Waals surface area contributed by atoms with Crippen LogP contribution in [0.2, 0.25) is 0 Å². The van der Waals surface area contributed by atoms with E-state index in [2.05, 4.69) is 49.7 Å². The molecule has 3 heteroatoms. The van der Waals surface area contributed by atoms with Gasteiger partial charge in [0.1, 0.15) is 6.61 Å². The fourth-order valence-corrected chi connectivity index (χ4v) is 3.05. The number of benzene rings is 1. The highest BCUT2D eigenvalue weighted by Gasteiger charge is 2.61. The monoisotopic (exact) mass is 336 g/mol. The van der Waals surface area contributed by atoms with Crippen LogP contribution in [-0.2, 0) is 16.1 Å². The van der Waals surface area contributed by atoms with Crippen molar-refractivity contribution in [2.24, 2.45) is 17.3 Å². The van der Waals surface area contributed by atoms with Crippen LogP contribution in [0.4, 0.5) is 0 Å². The highest BCUT2D eigenvalue weighted by atomic mass is 79.9. The zero-order valence-corrected chi connectivity index (χ0v) is 14.0. The summed E-state index contributed by atoms with van der Waals surface area (Å²) >= 11 is 3.47. The van der Waals surface area contributed by atoms with Crippen molar-refractivity contribution in [3.63, 3.8) is 0 Å². The van der Waals surface area contributed by atoms with E-state index < -0.39 is 0 Å². The first-order valence-electron chi connectivity index (χ1n) is 6.89. The molecule has 1 aromatic carbocycles. The average molecular weight is 337 g/mol. The van der Waals surface area contributed by atoms with E-state index in [9.17, 15) is 4.79 Å². The zero-order valence-electron chi connectivity index (χ0n) is 12.4. The smallest absolute Gasteiger partial charge is 0.310 e. The van der Waals surface area contributed by atoms with Crippen LogP contribution in [0.5, 0.6) is 0 Å². The molecule has 2 rings (SSSR count). The summed E-state index contributed by atoms with van der Waals surface area (Å²) in [6, 6.07) is 7.81. The van der Waals surface area contributed by atoms with Gasteiger partial charge in [0, 0.05) is 10.0 Å². The Morgan fingerprint density at radius 2 is 2.00 bits per heavy atom. The molecule has 0 saturated heterocycles. The van der Waals surface area contributed by atoms with Crippen molar-refractivity contribution in [3.05, 3.63) is 46.0 Å². The van der Waals surface area contributed by atoms with Crippen molar-refractivity contribution in [2.75, 3.05) is 0 Å². The highest BCUT2D eigenvalue weighted by molar-refractivity contribution is 9.10. The number of halogens is 1. The Hall–Kier alpha value is -1.09. The number of hydrogen-bond donors (Lipinski definition) is 0. The van der Waals surface area contributed by atoms with Crippen LogP contribution in [0.1, 0.15) is 33.3 Å². The van der Waals surface area contributed by atoms with Crippen LogP contribution >= 0.6 is 15.9 Å². The maximum absolute atomic E-state index is 12.2. The molecule has 0 heterocycles. The van der Waals surface area contributed by atoms with Crippen LogP contribution in [0.15, 0.2) is 40.4 Å². The largest absolute Gasteiger partial charge is 0.461 e. The van der Waals surface area contributed by atoms with Crippen molar-refractivity contribution in [1.82, 2.24) is 0 Å². The second-order valence-electron chi connectivity index (χ2n) is 6.27. The van der Waals surface area contributed by atoms with Crippen molar-refractivity contribution in [3.8, 4) is 0 Å². The summed E-state index contributed by atoms with van der Waals surface area (Å²) in [5.74, 6) is 0.201. The van der Waals surface area contributed by atoms with Gasteiger partial charge in [0.25, 0.3) is 0 Å². The molecule has 0 spiro atoms. The predicted octanol–water partition coefficient (Wildman–Crippen LogP) is 4.73. The van der Waals surface area contributed by atoms with Gasteiger partial charge in [-0.15, -0.1) is 0 Å². The Bertz CT molecular complexity index is 542. The second-order valence-corrected chi connectivity index (χ2v) is 7.12. The average Bonchev–Trinajstić information content (AvgIpc) is 2.88. The van der Waals surface area contributed by atoms with Crippen molar-refractivity contribution in [1.29, 1.82) is 0 Å². The summed E-state index contributed by atoms with van der Waals surface area (Å²) in [5.41, 5.74) is 2.27. The van der Waals surface area contributed by atoms with Crippen molar-refractivity contribution >= 4 is 21.9 Å². The van der Waals surface area contributed by atoms with Crippen LogP contribution < -0.4 is 0 Å². The van der Waals surface area contributed by atoms with Gasteiger partial charge in [0.2, 0.25) is 0 Å². The third kappa shape index (κ3) is 3.14. The summed E-state index contributed by atoms with van der Waals surface area (Å²) in [5, 5.41) is 0. The number of ether oxygens (including phenoxy) is 1. The first kappa shape index (κ1) is 15.3. The maximum Gasteiger partial charge on any atom is 0.310 e. The van der Waals surface area contributed by atoms with E-state index in [0.29, 0.717) is 12.5 Å². The molecular formula is C17H21BrO2. The highest BCUT2D eigenvalue weighted by Crippen LogP contribution is 2.59. The van der Waals surface area contributed by atoms with E-state index in [-0.39, 0.29) is 17.3 Å². The molecule has 0 aromatic heterocycles. The van der Waals surface area contributed by atoms with E-state index >= 15 is 0 Å². The molecule has 0 amide bonds. The Labute approximate surface area is 129 Å². The first-order valence-corrected chi connectivity index (χ1v) is 7.68. The molecule has 1 aliphatic rings. The van der Waals surface area contributed by atoms with Gasteiger partial charge in [-0.1, -0.05) is 59.6 Å². The van der Waals surface area contributed by atoms with E-state index in [0.717, 1.165) is 10.0 Å². The van der Waals surface area contributed by atoms with E-state index in [1.54, 1.807) is 0 Å². The molecule has 0 N–H and O–H groups in total. The number of hydrogen-bond acceptors (Lipinski definition) is 2. The quantitative estimate of drug-likeness (QED) is 0.586. The number of rotatable bonds is 4. The minimum absolute atomic E-state index is 0.0140. The van der Waals surface area contributed by atoms with Gasteiger partial charge < -0.3 is 4.74 Å². The fourth-order valence-electron chi connectivity index (χ4n) is 2.65. The van der Waals surface area contributed by atoms with Gasteiger partial charge in [-0.2, -0.15) is 0 Å². The van der Waals surface area contributed by atoms with Crippen LogP contribution in [-0.4, -0.2) is 5.97 Å². The van der Waals surface area contributed by atoms with Crippen LogP contribution in [0.3, 0.4) is 0 Å². The van der Waals surface area contributed by atoms with Gasteiger partial charge in [0.15, 0.2) is 0 Å². The SMILES string of the molecule is CC(C)=CC1C(C(=O)OCc2ccccc2Br)C1(C)C. The van der Waals surface area contributed by atoms with E-state index in [1.165, 1.54) is 5.57 Å². The second kappa shape index (κ2) is 5.72. The van der Waals surface area contributed by atoms with Crippen LogP contribution in [0.25, 0.3) is 0 Å². The lowest BCUT2D eigenvalue weighted by molar-refractivity contribution is -0.147. The summed E-state index contributed by atoms with van der Waals surface area (Å²) in [6.45, 7) is 8.72. The third-order valence-corrected chi connectivity index (χ3v) is 4.78. The first-order chi connectivity index (χ1) is 9.34.